The van der Waals surface area contributed by atoms with Crippen LogP contribution in [0.1, 0.15) is 73.1 Å². The number of carbonyl (C=O) groups excluding carboxylic acids is 4. The number of hydroxylamine groups is 3. The first kappa shape index (κ1) is 34.2. The van der Waals surface area contributed by atoms with E-state index in [1.54, 1.807) is 45.0 Å². The number of nitrogens with one attached hydrogen (secondary N) is 3. The topological polar surface area (TPSA) is 157 Å². The van der Waals surface area contributed by atoms with Gasteiger partial charge in [-0.05, 0) is 70.2 Å². The summed E-state index contributed by atoms with van der Waals surface area (Å²) in [6.45, 7) is 9.46. The second-order valence-electron chi connectivity index (χ2n) is 10.7. The molecule has 0 spiro atoms. The molecular formula is C27H44N4O7S. The van der Waals surface area contributed by atoms with Crippen molar-refractivity contribution in [1.29, 1.82) is 0 Å². The maximum atomic E-state index is 13.1. The van der Waals surface area contributed by atoms with Crippen molar-refractivity contribution in [3.63, 3.8) is 0 Å². The highest BCUT2D eigenvalue weighted by molar-refractivity contribution is 7.99. The summed E-state index contributed by atoms with van der Waals surface area (Å²) in [5, 5.41) is 24.9. The third kappa shape index (κ3) is 14.2. The molecule has 12 heteroatoms. The zero-order valence-corrected chi connectivity index (χ0v) is 24.6. The van der Waals surface area contributed by atoms with Gasteiger partial charge in [0.1, 0.15) is 11.8 Å². The van der Waals surface area contributed by atoms with Crippen LogP contribution >= 0.6 is 11.8 Å². The van der Waals surface area contributed by atoms with Gasteiger partial charge in [0, 0.05) is 24.1 Å². The summed E-state index contributed by atoms with van der Waals surface area (Å²) in [7, 11) is 1.42. The summed E-state index contributed by atoms with van der Waals surface area (Å²) in [5.41, 5.74) is 1.86. The maximum absolute atomic E-state index is 13.1. The van der Waals surface area contributed by atoms with Crippen molar-refractivity contribution in [2.45, 2.75) is 89.7 Å². The number of rotatable bonds is 15. The molecule has 0 aliphatic heterocycles. The Hall–Kier alpha value is -2.83. The number of carbonyl (C=O) groups is 4. The van der Waals surface area contributed by atoms with E-state index in [9.17, 15) is 29.5 Å². The lowest BCUT2D eigenvalue weighted by atomic mass is 9.98. The van der Waals surface area contributed by atoms with Gasteiger partial charge in [0.05, 0.1) is 11.5 Å². The number of phenols is 1. The van der Waals surface area contributed by atoms with Crippen LogP contribution in [0.4, 0.5) is 4.79 Å². The van der Waals surface area contributed by atoms with E-state index in [2.05, 4.69) is 16.1 Å². The number of benzene rings is 1. The molecule has 5 amide bonds. The number of phenolic OH excluding ortho intramolecular Hbond substituents is 1. The summed E-state index contributed by atoms with van der Waals surface area (Å²) in [5.74, 6) is -1.41. The fraction of sp³-hybridized carbons (Fsp3) is 0.630. The van der Waals surface area contributed by atoms with Crippen molar-refractivity contribution in [3.8, 4) is 5.75 Å². The minimum absolute atomic E-state index is 0.0512. The SMILES string of the molecule is CNC(=O)[C@H](CCCCC(=O)NOC(C)(C)C)NC(=O)N(O)C(=O)[C@H](CCC(C)C)CSc1ccc(O)cc1. The molecule has 1 aromatic carbocycles. The second-order valence-corrected chi connectivity index (χ2v) is 11.8. The number of urea groups is 1. The Bertz CT molecular complexity index is 935. The minimum Gasteiger partial charge on any atom is -0.508 e. The first-order chi connectivity index (χ1) is 18.2. The van der Waals surface area contributed by atoms with Crippen molar-refractivity contribution in [2.75, 3.05) is 12.8 Å². The summed E-state index contributed by atoms with van der Waals surface area (Å²) >= 11 is 1.38. The van der Waals surface area contributed by atoms with Gasteiger partial charge in [-0.15, -0.1) is 16.8 Å². The lowest BCUT2D eigenvalue weighted by Crippen LogP contribution is -2.52. The summed E-state index contributed by atoms with van der Waals surface area (Å²) < 4.78 is 0. The fourth-order valence-electron chi connectivity index (χ4n) is 3.37. The van der Waals surface area contributed by atoms with Gasteiger partial charge in [0.2, 0.25) is 11.8 Å². The zero-order chi connectivity index (χ0) is 29.6. The van der Waals surface area contributed by atoms with Crippen molar-refractivity contribution in [3.05, 3.63) is 24.3 Å². The summed E-state index contributed by atoms with van der Waals surface area (Å²) in [6, 6.07) is 4.45. The Kier molecular flexibility index (Phi) is 14.9. The standard InChI is InChI=1S/C27H44N4O7S/c1-18(2)11-12-19(17-39-21-15-13-20(32)14-16-21)25(35)31(37)26(36)29-22(24(34)28-6)9-7-8-10-23(33)30-38-27(3,4)5/h13-16,18-19,22,32,37H,7-12,17H2,1-6H3,(H,28,34)(H,29,36)(H,30,33)/t19-,22+/m1/s1. The molecule has 0 aromatic heterocycles. The molecule has 220 valence electrons. The van der Waals surface area contributed by atoms with Crippen LogP contribution in [0, 0.1) is 11.8 Å². The van der Waals surface area contributed by atoms with Gasteiger partial charge in [-0.3, -0.25) is 24.4 Å². The average Bonchev–Trinajstić information content (AvgIpc) is 2.88. The Balaban J connectivity index is 2.72. The molecule has 0 aliphatic rings. The maximum Gasteiger partial charge on any atom is 0.349 e. The molecule has 0 heterocycles. The van der Waals surface area contributed by atoms with Crippen molar-refractivity contribution in [1.82, 2.24) is 21.2 Å². The van der Waals surface area contributed by atoms with E-state index in [0.717, 1.165) is 11.3 Å². The quantitative estimate of drug-likeness (QED) is 0.0920. The number of likely N-dealkylation sites (N-methyl/N-ethyl adjacent to an activating group) is 1. The number of nitrogens with zero attached hydrogens (tertiary/aromatic N) is 1. The summed E-state index contributed by atoms with van der Waals surface area (Å²) in [6.07, 6.45) is 2.43. The number of thioether (sulfide) groups is 1. The van der Waals surface area contributed by atoms with Crippen LogP contribution in [-0.4, -0.2) is 63.6 Å². The molecule has 0 aliphatic carbocycles. The average molecular weight is 569 g/mol. The second kappa shape index (κ2) is 17.0. The van der Waals surface area contributed by atoms with Gasteiger partial charge >= 0.3 is 6.03 Å². The Morgan fingerprint density at radius 3 is 2.23 bits per heavy atom. The number of imide groups is 1. The summed E-state index contributed by atoms with van der Waals surface area (Å²) in [4.78, 5) is 56.1. The predicted octanol–water partition coefficient (Wildman–Crippen LogP) is 3.99. The largest absolute Gasteiger partial charge is 0.508 e. The zero-order valence-electron chi connectivity index (χ0n) is 23.8. The molecule has 1 aromatic rings. The highest BCUT2D eigenvalue weighted by Crippen LogP contribution is 2.26. The minimum atomic E-state index is -1.09. The highest BCUT2D eigenvalue weighted by Gasteiger charge is 2.30. The van der Waals surface area contributed by atoms with E-state index in [-0.39, 0.29) is 29.6 Å². The van der Waals surface area contributed by atoms with E-state index in [4.69, 9.17) is 4.84 Å². The number of hydrogen-bond donors (Lipinski definition) is 5. The van der Waals surface area contributed by atoms with Gasteiger partial charge in [0.25, 0.3) is 5.91 Å². The molecule has 39 heavy (non-hydrogen) atoms. The molecule has 1 rings (SSSR count). The van der Waals surface area contributed by atoms with Crippen LogP contribution in [0.2, 0.25) is 0 Å². The molecule has 0 bridgehead atoms. The van der Waals surface area contributed by atoms with Crippen molar-refractivity contribution < 1.29 is 34.3 Å². The first-order valence-corrected chi connectivity index (χ1v) is 14.2. The smallest absolute Gasteiger partial charge is 0.349 e. The molecule has 11 nitrogen and oxygen atoms in total. The monoisotopic (exact) mass is 568 g/mol. The van der Waals surface area contributed by atoms with Gasteiger partial charge in [0.15, 0.2) is 0 Å². The van der Waals surface area contributed by atoms with Crippen LogP contribution in [0.15, 0.2) is 29.2 Å². The molecule has 5 N–H and O–H groups in total. The van der Waals surface area contributed by atoms with Crippen LogP contribution < -0.4 is 16.1 Å². The number of unbranched alkanes of at least 4 members (excludes halogenated alkanes) is 1. The Morgan fingerprint density at radius 2 is 1.67 bits per heavy atom. The van der Waals surface area contributed by atoms with Crippen molar-refractivity contribution in [2.24, 2.45) is 11.8 Å². The van der Waals surface area contributed by atoms with Gasteiger partial charge in [-0.25, -0.2) is 10.3 Å². The van der Waals surface area contributed by atoms with E-state index in [1.807, 2.05) is 13.8 Å². The Morgan fingerprint density at radius 1 is 1.03 bits per heavy atom. The molecule has 0 radical (unpaired) electrons. The molecule has 0 fully saturated rings. The molecule has 0 saturated carbocycles. The predicted molar refractivity (Wildman–Crippen MR) is 149 cm³/mol. The highest BCUT2D eigenvalue weighted by atomic mass is 32.2. The fourth-order valence-corrected chi connectivity index (χ4v) is 4.40. The van der Waals surface area contributed by atoms with E-state index >= 15 is 0 Å². The molecule has 2 atom stereocenters. The van der Waals surface area contributed by atoms with Gasteiger partial charge < -0.3 is 15.7 Å². The van der Waals surface area contributed by atoms with E-state index < -0.39 is 35.4 Å². The number of aromatic hydroxyl groups is 1. The van der Waals surface area contributed by atoms with Crippen LogP contribution in [0.25, 0.3) is 0 Å². The first-order valence-electron chi connectivity index (χ1n) is 13.2. The van der Waals surface area contributed by atoms with E-state index in [1.165, 1.54) is 18.8 Å². The van der Waals surface area contributed by atoms with Crippen LogP contribution in [0.5, 0.6) is 5.75 Å². The lowest BCUT2D eigenvalue weighted by molar-refractivity contribution is -0.157. The number of amides is 5. The molecule has 0 unspecified atom stereocenters. The molecular weight excluding hydrogens is 524 g/mol. The van der Waals surface area contributed by atoms with Gasteiger partial charge in [-0.1, -0.05) is 26.7 Å². The number of hydrogen-bond acceptors (Lipinski definition) is 8. The van der Waals surface area contributed by atoms with Crippen molar-refractivity contribution >= 4 is 35.5 Å². The Labute approximate surface area is 235 Å². The van der Waals surface area contributed by atoms with Crippen LogP contribution in [-0.2, 0) is 19.2 Å². The third-order valence-corrected chi connectivity index (χ3v) is 6.78. The lowest BCUT2D eigenvalue weighted by Gasteiger charge is -2.24. The molecule has 0 saturated heterocycles. The third-order valence-electron chi connectivity index (χ3n) is 5.61. The van der Waals surface area contributed by atoms with Gasteiger partial charge in [-0.2, -0.15) is 0 Å². The van der Waals surface area contributed by atoms with Crippen LogP contribution in [0.3, 0.4) is 0 Å². The van der Waals surface area contributed by atoms with E-state index in [0.29, 0.717) is 30.9 Å². The normalized spacial score (nSPS) is 12.9.